The molecule has 106 valence electrons. The van der Waals surface area contributed by atoms with E-state index < -0.39 is 16.7 Å². The second-order valence-electron chi connectivity index (χ2n) is 3.77. The topological polar surface area (TPSA) is 124 Å². The van der Waals surface area contributed by atoms with Crippen molar-refractivity contribution in [1.29, 1.82) is 0 Å². The highest BCUT2D eigenvalue weighted by atomic mass is 32.1. The number of nitrogens with one attached hydrogen (secondary N) is 1. The summed E-state index contributed by atoms with van der Waals surface area (Å²) in [5.74, 6) is -1.21. The lowest BCUT2D eigenvalue weighted by Gasteiger charge is -1.95. The summed E-state index contributed by atoms with van der Waals surface area (Å²) in [5, 5.41) is 23.9. The lowest BCUT2D eigenvalue weighted by atomic mass is 10.3. The average molecular weight is 306 g/mol. The van der Waals surface area contributed by atoms with Crippen LogP contribution in [0.5, 0.6) is 0 Å². The number of anilines is 1. The molecule has 0 aliphatic rings. The van der Waals surface area contributed by atoms with Crippen LogP contribution in [-0.2, 0) is 0 Å². The van der Waals surface area contributed by atoms with Crippen LogP contribution in [0.25, 0.3) is 11.5 Å². The first-order valence-electron chi connectivity index (χ1n) is 5.55. The Hall–Kier alpha value is -3.01. The monoisotopic (exact) mass is 306 g/mol. The Morgan fingerprint density at radius 2 is 2.14 bits per heavy atom. The Morgan fingerprint density at radius 1 is 1.29 bits per heavy atom. The van der Waals surface area contributed by atoms with Crippen molar-refractivity contribution in [2.45, 2.75) is 0 Å². The van der Waals surface area contributed by atoms with E-state index >= 15 is 0 Å². The molecule has 0 aliphatic heterocycles. The van der Waals surface area contributed by atoms with E-state index in [0.29, 0.717) is 0 Å². The van der Waals surface area contributed by atoms with Crippen molar-refractivity contribution in [2.75, 3.05) is 5.32 Å². The molecule has 0 saturated carbocycles. The minimum Gasteiger partial charge on any atom is -0.403 e. The lowest BCUT2D eigenvalue weighted by molar-refractivity contribution is -0.402. The van der Waals surface area contributed by atoms with Gasteiger partial charge in [-0.1, -0.05) is 5.10 Å². The Bertz CT molecular complexity index is 791. The van der Waals surface area contributed by atoms with Crippen LogP contribution in [0.15, 0.2) is 37.8 Å². The third-order valence-corrected chi connectivity index (χ3v) is 3.09. The van der Waals surface area contributed by atoms with Crippen molar-refractivity contribution in [3.63, 3.8) is 0 Å². The van der Waals surface area contributed by atoms with E-state index in [1.165, 1.54) is 17.4 Å². The van der Waals surface area contributed by atoms with E-state index in [1.807, 2.05) is 10.8 Å². The molecule has 0 saturated heterocycles. The second kappa shape index (κ2) is 5.17. The molecule has 10 heteroatoms. The number of carbonyl (C=O) groups is 1. The molecule has 9 nitrogen and oxygen atoms in total. The van der Waals surface area contributed by atoms with Gasteiger partial charge in [0.25, 0.3) is 11.8 Å². The Balaban J connectivity index is 1.74. The fourth-order valence-corrected chi connectivity index (χ4v) is 2.11. The van der Waals surface area contributed by atoms with E-state index in [1.54, 1.807) is 6.07 Å². The summed E-state index contributed by atoms with van der Waals surface area (Å²) in [6.07, 6.45) is 0. The van der Waals surface area contributed by atoms with Crippen molar-refractivity contribution in [1.82, 2.24) is 10.2 Å². The van der Waals surface area contributed by atoms with Gasteiger partial charge in [-0.2, -0.15) is 11.3 Å². The van der Waals surface area contributed by atoms with Gasteiger partial charge in [0.1, 0.15) is 4.92 Å². The number of amides is 1. The maximum atomic E-state index is 11.8. The standard InChI is InChI=1S/C11H6N4O5S/c16-9(7-1-2-8(19-7)15(17)18)12-11-14-13-10(20-11)6-3-4-21-5-6/h1-5H,(H,12,14,16). The normalized spacial score (nSPS) is 10.5. The summed E-state index contributed by atoms with van der Waals surface area (Å²) in [4.78, 5) is 21.5. The highest BCUT2D eigenvalue weighted by Gasteiger charge is 2.19. The van der Waals surface area contributed by atoms with Crippen LogP contribution in [0, 0.1) is 10.1 Å². The molecule has 0 fully saturated rings. The van der Waals surface area contributed by atoms with Crippen LogP contribution in [0.4, 0.5) is 11.9 Å². The Kier molecular flexibility index (Phi) is 3.20. The van der Waals surface area contributed by atoms with Gasteiger partial charge in [0.15, 0.2) is 5.76 Å². The summed E-state index contributed by atoms with van der Waals surface area (Å²) >= 11 is 1.47. The van der Waals surface area contributed by atoms with Gasteiger partial charge in [0, 0.05) is 10.9 Å². The van der Waals surface area contributed by atoms with Crippen molar-refractivity contribution >= 4 is 29.1 Å². The number of rotatable bonds is 4. The van der Waals surface area contributed by atoms with Gasteiger partial charge < -0.3 is 8.83 Å². The van der Waals surface area contributed by atoms with Crippen molar-refractivity contribution in [3.8, 4) is 11.5 Å². The van der Waals surface area contributed by atoms with Crippen LogP contribution >= 0.6 is 11.3 Å². The predicted molar refractivity (Wildman–Crippen MR) is 70.9 cm³/mol. The molecule has 0 aromatic carbocycles. The number of carbonyl (C=O) groups excluding carboxylic acids is 1. The molecule has 0 unspecified atom stereocenters. The zero-order chi connectivity index (χ0) is 14.8. The smallest absolute Gasteiger partial charge is 0.403 e. The number of nitro groups is 1. The largest absolute Gasteiger partial charge is 0.433 e. The molecule has 3 rings (SSSR count). The molecule has 1 amide bonds. The van der Waals surface area contributed by atoms with E-state index in [-0.39, 0.29) is 17.7 Å². The number of thiophene rings is 1. The lowest BCUT2D eigenvalue weighted by Crippen LogP contribution is -2.11. The third kappa shape index (κ3) is 2.65. The van der Waals surface area contributed by atoms with Gasteiger partial charge in [0.05, 0.1) is 6.07 Å². The zero-order valence-electron chi connectivity index (χ0n) is 10.2. The van der Waals surface area contributed by atoms with Gasteiger partial charge in [0.2, 0.25) is 0 Å². The van der Waals surface area contributed by atoms with Gasteiger partial charge >= 0.3 is 11.9 Å². The fraction of sp³-hybridized carbons (Fsp3) is 0. The van der Waals surface area contributed by atoms with Gasteiger partial charge in [-0.25, -0.2) is 0 Å². The number of hydrogen-bond acceptors (Lipinski definition) is 8. The van der Waals surface area contributed by atoms with Gasteiger partial charge in [-0.15, -0.1) is 5.10 Å². The summed E-state index contributed by atoms with van der Waals surface area (Å²) in [5.41, 5.74) is 0.738. The maximum absolute atomic E-state index is 11.8. The third-order valence-electron chi connectivity index (χ3n) is 2.41. The van der Waals surface area contributed by atoms with E-state index in [2.05, 4.69) is 15.5 Å². The van der Waals surface area contributed by atoms with Crippen LogP contribution in [-0.4, -0.2) is 21.0 Å². The van der Waals surface area contributed by atoms with Gasteiger partial charge in [-0.3, -0.25) is 20.2 Å². The zero-order valence-corrected chi connectivity index (χ0v) is 11.0. The predicted octanol–water partition coefficient (Wildman–Crippen LogP) is 2.55. The van der Waals surface area contributed by atoms with E-state index in [0.717, 1.165) is 11.6 Å². The first kappa shape index (κ1) is 13.0. The molecule has 21 heavy (non-hydrogen) atoms. The van der Waals surface area contributed by atoms with Crippen LogP contribution in [0.1, 0.15) is 10.6 Å². The Morgan fingerprint density at radius 3 is 2.81 bits per heavy atom. The highest BCUT2D eigenvalue weighted by Crippen LogP contribution is 2.22. The first-order valence-corrected chi connectivity index (χ1v) is 6.49. The maximum Gasteiger partial charge on any atom is 0.433 e. The number of hydrogen-bond donors (Lipinski definition) is 1. The molecule has 0 atom stereocenters. The van der Waals surface area contributed by atoms with E-state index in [4.69, 9.17) is 8.83 Å². The van der Waals surface area contributed by atoms with Crippen molar-refractivity contribution in [2.24, 2.45) is 0 Å². The highest BCUT2D eigenvalue weighted by molar-refractivity contribution is 7.08. The Labute approximate surface area is 120 Å². The average Bonchev–Trinajstić information content (AvgIpc) is 3.19. The minimum absolute atomic E-state index is 0.125. The summed E-state index contributed by atoms with van der Waals surface area (Å²) in [6, 6.07) is 3.93. The van der Waals surface area contributed by atoms with Crippen LogP contribution in [0.3, 0.4) is 0 Å². The van der Waals surface area contributed by atoms with Gasteiger partial charge in [-0.05, 0) is 17.5 Å². The van der Waals surface area contributed by atoms with Crippen LogP contribution in [0.2, 0.25) is 0 Å². The quantitative estimate of drug-likeness (QED) is 0.580. The molecule has 0 spiro atoms. The summed E-state index contributed by atoms with van der Waals surface area (Å²) in [7, 11) is 0. The molecule has 3 aromatic rings. The van der Waals surface area contributed by atoms with E-state index in [9.17, 15) is 14.9 Å². The second-order valence-corrected chi connectivity index (χ2v) is 4.55. The molecule has 0 radical (unpaired) electrons. The molecule has 1 N–H and O–H groups in total. The molecular formula is C11H6N4O5S. The number of nitrogens with zero attached hydrogens (tertiary/aromatic N) is 3. The fourth-order valence-electron chi connectivity index (χ4n) is 1.48. The summed E-state index contributed by atoms with van der Waals surface area (Å²) < 4.78 is 10.0. The van der Waals surface area contributed by atoms with Crippen molar-refractivity contribution in [3.05, 3.63) is 44.8 Å². The molecule has 3 aromatic heterocycles. The minimum atomic E-state index is -0.738. The molecule has 3 heterocycles. The first-order chi connectivity index (χ1) is 10.1. The van der Waals surface area contributed by atoms with Crippen LogP contribution < -0.4 is 5.32 Å². The molecular weight excluding hydrogens is 300 g/mol. The number of furan rings is 1. The number of aromatic nitrogens is 2. The molecule has 0 bridgehead atoms. The SMILES string of the molecule is O=C(Nc1nnc(-c2ccsc2)o1)c1ccc([N+](=O)[O-])o1. The molecule has 0 aliphatic carbocycles. The summed E-state index contributed by atoms with van der Waals surface area (Å²) in [6.45, 7) is 0. The van der Waals surface area contributed by atoms with Crippen molar-refractivity contribution < 1.29 is 18.6 Å².